The minimum atomic E-state index is -3.94. The lowest BCUT2D eigenvalue weighted by Crippen LogP contribution is -2.49. The SMILES string of the molecule is CCn1cc(C(=O)N[C@H](C)c2ccccc2)c(S(=O)(=O)N2CCN(c3cccc(C)c3C)CC2)n1. The van der Waals surface area contributed by atoms with E-state index in [0.717, 1.165) is 11.3 Å². The van der Waals surface area contributed by atoms with Crippen molar-refractivity contribution in [2.75, 3.05) is 31.1 Å². The molecule has 4 rings (SSSR count). The molecule has 9 heteroatoms. The molecule has 0 radical (unpaired) electrons. The van der Waals surface area contributed by atoms with Crippen molar-refractivity contribution in [3.8, 4) is 0 Å². The van der Waals surface area contributed by atoms with Crippen molar-refractivity contribution in [2.45, 2.75) is 45.3 Å². The fourth-order valence-corrected chi connectivity index (χ4v) is 5.90. The van der Waals surface area contributed by atoms with Crippen LogP contribution in [-0.4, -0.2) is 54.6 Å². The first kappa shape index (κ1) is 24.9. The van der Waals surface area contributed by atoms with E-state index in [1.807, 2.05) is 50.2 Å². The molecule has 186 valence electrons. The number of hydrogen-bond acceptors (Lipinski definition) is 5. The lowest BCUT2D eigenvalue weighted by Gasteiger charge is -2.36. The monoisotopic (exact) mass is 495 g/mol. The molecule has 1 aromatic heterocycles. The van der Waals surface area contributed by atoms with Gasteiger partial charge in [0.1, 0.15) is 0 Å². The van der Waals surface area contributed by atoms with Gasteiger partial charge < -0.3 is 10.2 Å². The van der Waals surface area contributed by atoms with Gasteiger partial charge in [0.15, 0.2) is 0 Å². The third kappa shape index (κ3) is 5.11. The van der Waals surface area contributed by atoms with Crippen molar-refractivity contribution in [1.82, 2.24) is 19.4 Å². The number of nitrogens with zero attached hydrogens (tertiary/aromatic N) is 4. The lowest BCUT2D eigenvalue weighted by atomic mass is 10.1. The smallest absolute Gasteiger partial charge is 0.263 e. The number of piperazine rings is 1. The van der Waals surface area contributed by atoms with Crippen molar-refractivity contribution in [3.63, 3.8) is 0 Å². The van der Waals surface area contributed by atoms with Gasteiger partial charge in [-0.3, -0.25) is 9.48 Å². The number of hydrogen-bond donors (Lipinski definition) is 1. The molecule has 8 nitrogen and oxygen atoms in total. The quantitative estimate of drug-likeness (QED) is 0.542. The number of sulfonamides is 1. The van der Waals surface area contributed by atoms with Gasteiger partial charge >= 0.3 is 0 Å². The zero-order valence-electron chi connectivity index (χ0n) is 20.7. The van der Waals surface area contributed by atoms with Crippen LogP contribution in [0.1, 0.15) is 46.9 Å². The third-order valence-corrected chi connectivity index (χ3v) is 8.52. The molecule has 1 aliphatic heterocycles. The molecule has 3 aromatic rings. The number of aryl methyl sites for hydroxylation is 2. The van der Waals surface area contributed by atoms with E-state index in [0.29, 0.717) is 32.7 Å². The number of aromatic nitrogens is 2. The zero-order chi connectivity index (χ0) is 25.2. The third-order valence-electron chi connectivity index (χ3n) is 6.68. The van der Waals surface area contributed by atoms with E-state index >= 15 is 0 Å². The number of rotatable bonds is 7. The van der Waals surface area contributed by atoms with Crippen LogP contribution in [0.2, 0.25) is 0 Å². The highest BCUT2D eigenvalue weighted by atomic mass is 32.2. The normalized spacial score (nSPS) is 15.7. The Morgan fingerprint density at radius 2 is 1.71 bits per heavy atom. The Bertz CT molecular complexity index is 1300. The van der Waals surface area contributed by atoms with Gasteiger partial charge in [0, 0.05) is 44.6 Å². The van der Waals surface area contributed by atoms with Crippen LogP contribution in [-0.2, 0) is 16.6 Å². The highest BCUT2D eigenvalue weighted by molar-refractivity contribution is 7.89. The molecular weight excluding hydrogens is 462 g/mol. The van der Waals surface area contributed by atoms with Gasteiger partial charge in [-0.2, -0.15) is 9.40 Å². The van der Waals surface area contributed by atoms with Crippen LogP contribution in [0.3, 0.4) is 0 Å². The molecule has 2 heterocycles. The topological polar surface area (TPSA) is 87.5 Å². The van der Waals surface area contributed by atoms with Crippen LogP contribution < -0.4 is 10.2 Å². The molecule has 1 aliphatic rings. The molecule has 1 saturated heterocycles. The lowest BCUT2D eigenvalue weighted by molar-refractivity contribution is 0.0936. The van der Waals surface area contributed by atoms with E-state index in [1.165, 1.54) is 26.3 Å². The van der Waals surface area contributed by atoms with Gasteiger partial charge in [0.2, 0.25) is 5.03 Å². The fourth-order valence-electron chi connectivity index (χ4n) is 4.38. The van der Waals surface area contributed by atoms with Gasteiger partial charge in [0.05, 0.1) is 11.6 Å². The molecule has 1 amide bonds. The molecule has 0 saturated carbocycles. The van der Waals surface area contributed by atoms with Gasteiger partial charge in [-0.15, -0.1) is 0 Å². The predicted molar refractivity (Wildman–Crippen MR) is 137 cm³/mol. The van der Waals surface area contributed by atoms with Gasteiger partial charge in [-0.05, 0) is 50.5 Å². The number of carbonyl (C=O) groups excluding carboxylic acids is 1. The summed E-state index contributed by atoms with van der Waals surface area (Å²) >= 11 is 0. The Hall–Kier alpha value is -3.17. The zero-order valence-corrected chi connectivity index (χ0v) is 21.5. The van der Waals surface area contributed by atoms with Gasteiger partial charge in [0.25, 0.3) is 15.9 Å². The first-order valence-electron chi connectivity index (χ1n) is 12.0. The molecule has 1 N–H and O–H groups in total. The van der Waals surface area contributed by atoms with E-state index in [4.69, 9.17) is 0 Å². The molecule has 0 spiro atoms. The summed E-state index contributed by atoms with van der Waals surface area (Å²) in [6, 6.07) is 15.5. The van der Waals surface area contributed by atoms with Crippen LogP contribution >= 0.6 is 0 Å². The average Bonchev–Trinajstić information content (AvgIpc) is 3.32. The number of anilines is 1. The molecule has 1 atom stereocenters. The maximum Gasteiger partial charge on any atom is 0.263 e. The second-order valence-corrected chi connectivity index (χ2v) is 10.8. The molecule has 0 unspecified atom stereocenters. The Morgan fingerprint density at radius 1 is 1.03 bits per heavy atom. The Labute approximate surface area is 207 Å². The highest BCUT2D eigenvalue weighted by Crippen LogP contribution is 2.26. The molecule has 35 heavy (non-hydrogen) atoms. The number of amides is 1. The Kier molecular flexibility index (Phi) is 7.28. The first-order valence-corrected chi connectivity index (χ1v) is 13.4. The molecular formula is C26H33N5O3S. The highest BCUT2D eigenvalue weighted by Gasteiger charge is 2.35. The standard InChI is InChI=1S/C26H33N5O3S/c1-5-30-18-23(25(32)27-21(4)22-11-7-6-8-12-22)26(28-30)35(33,34)31-16-14-29(15-17-31)24-13-9-10-19(2)20(24)3/h6-13,18,21H,5,14-17H2,1-4H3,(H,27,32)/t21-/m1/s1. The predicted octanol–water partition coefficient (Wildman–Crippen LogP) is 3.52. The fraction of sp³-hybridized carbons (Fsp3) is 0.385. The summed E-state index contributed by atoms with van der Waals surface area (Å²) in [6.45, 7) is 10.2. The van der Waals surface area contributed by atoms with Crippen LogP contribution in [0.4, 0.5) is 5.69 Å². The maximum atomic E-state index is 13.6. The number of carbonyl (C=O) groups is 1. The summed E-state index contributed by atoms with van der Waals surface area (Å²) in [6.07, 6.45) is 1.52. The minimum Gasteiger partial charge on any atom is -0.369 e. The number of benzene rings is 2. The molecule has 0 bridgehead atoms. The summed E-state index contributed by atoms with van der Waals surface area (Å²) in [5.74, 6) is -0.450. The molecule has 0 aliphatic carbocycles. The van der Waals surface area contributed by atoms with Crippen LogP contribution in [0, 0.1) is 13.8 Å². The number of nitrogens with one attached hydrogen (secondary N) is 1. The molecule has 2 aromatic carbocycles. The summed E-state index contributed by atoms with van der Waals surface area (Å²) in [5.41, 5.74) is 4.56. The van der Waals surface area contributed by atoms with Gasteiger partial charge in [-0.25, -0.2) is 8.42 Å². The van der Waals surface area contributed by atoms with E-state index in [2.05, 4.69) is 41.3 Å². The van der Waals surface area contributed by atoms with Crippen molar-refractivity contribution < 1.29 is 13.2 Å². The second-order valence-electron chi connectivity index (χ2n) is 8.92. The van der Waals surface area contributed by atoms with E-state index in [9.17, 15) is 13.2 Å². The summed E-state index contributed by atoms with van der Waals surface area (Å²) in [7, 11) is -3.94. The Morgan fingerprint density at radius 3 is 2.37 bits per heavy atom. The maximum absolute atomic E-state index is 13.6. The largest absolute Gasteiger partial charge is 0.369 e. The Balaban J connectivity index is 1.54. The summed E-state index contributed by atoms with van der Waals surface area (Å²) in [4.78, 5) is 15.4. The average molecular weight is 496 g/mol. The summed E-state index contributed by atoms with van der Waals surface area (Å²) in [5, 5.41) is 7.03. The summed E-state index contributed by atoms with van der Waals surface area (Å²) < 4.78 is 30.2. The van der Waals surface area contributed by atoms with Crippen LogP contribution in [0.5, 0.6) is 0 Å². The van der Waals surface area contributed by atoms with E-state index < -0.39 is 15.9 Å². The van der Waals surface area contributed by atoms with Crippen LogP contribution in [0.25, 0.3) is 0 Å². The molecule has 1 fully saturated rings. The van der Waals surface area contributed by atoms with Crippen molar-refractivity contribution >= 4 is 21.6 Å². The minimum absolute atomic E-state index is 0.0755. The first-order chi connectivity index (χ1) is 16.7. The van der Waals surface area contributed by atoms with Crippen molar-refractivity contribution in [1.29, 1.82) is 0 Å². The van der Waals surface area contributed by atoms with E-state index in [-0.39, 0.29) is 16.6 Å². The van der Waals surface area contributed by atoms with Crippen molar-refractivity contribution in [3.05, 3.63) is 77.0 Å². The van der Waals surface area contributed by atoms with Crippen LogP contribution in [0.15, 0.2) is 59.8 Å². The van der Waals surface area contributed by atoms with Gasteiger partial charge in [-0.1, -0.05) is 42.5 Å². The van der Waals surface area contributed by atoms with E-state index in [1.54, 1.807) is 0 Å². The van der Waals surface area contributed by atoms with Crippen molar-refractivity contribution in [2.24, 2.45) is 0 Å². The second kappa shape index (κ2) is 10.2.